The first-order valence-corrected chi connectivity index (χ1v) is 30.1. The topological polar surface area (TPSA) is 206 Å². The van der Waals surface area contributed by atoms with Crippen molar-refractivity contribution in [1.82, 2.24) is 5.32 Å². The molecule has 0 spiro atoms. The fraction of sp³-hybridized carbons (Fsp3) is 0.945. The van der Waals surface area contributed by atoms with Crippen LogP contribution < -0.4 is 5.32 Å². The molecule has 0 aromatic rings. The van der Waals surface area contributed by atoms with Crippen LogP contribution >= 0.6 is 7.82 Å². The third-order valence-corrected chi connectivity index (χ3v) is 15.1. The van der Waals surface area contributed by atoms with Crippen molar-refractivity contribution in [2.24, 2.45) is 0 Å². The maximum absolute atomic E-state index is 13.0. The number of hydrogen-bond acceptors (Lipinski definition) is 10. The van der Waals surface area contributed by atoms with E-state index in [2.05, 4.69) is 19.2 Å². The van der Waals surface area contributed by atoms with E-state index in [0.717, 1.165) is 44.9 Å². The standard InChI is InChI=1S/C55H108NO11P/c1-3-5-7-9-11-13-15-17-18-19-20-21-22-23-24-25-26-27-28-29-30-31-32-33-35-37-39-41-43-45-49(58)56-47(48(57)44-42-40-38-36-34-16-14-12-10-8-6-4-2)46-66-68(64,65)67-55-53(62)51(60)50(59)52(61)54(55)63/h42,44,47-48,50-55,57,59-63H,3-41,43,45-46H2,1-2H3,(H,56,58)(H,64,65)/b44-42+/t47-,48+,50?,51+,52?,53?,54?,55?/m0/s1. The fourth-order valence-electron chi connectivity index (χ4n) is 9.44. The Morgan fingerprint density at radius 1 is 0.485 bits per heavy atom. The third-order valence-electron chi connectivity index (χ3n) is 14.1. The molecule has 12 nitrogen and oxygen atoms in total. The fourth-order valence-corrected chi connectivity index (χ4v) is 10.4. The highest BCUT2D eigenvalue weighted by Gasteiger charge is 2.51. The molecule has 6 unspecified atom stereocenters. The van der Waals surface area contributed by atoms with Gasteiger partial charge in [0.05, 0.1) is 18.8 Å². The molecule has 0 bridgehead atoms. The number of allylic oxidation sites excluding steroid dienone is 1. The molecule has 1 aliphatic carbocycles. The molecule has 0 aromatic carbocycles. The van der Waals surface area contributed by atoms with Crippen LogP contribution in [0.15, 0.2) is 12.2 Å². The summed E-state index contributed by atoms with van der Waals surface area (Å²) in [5, 5.41) is 64.2. The maximum atomic E-state index is 13.0. The summed E-state index contributed by atoms with van der Waals surface area (Å²) in [5.74, 6) is -0.335. The van der Waals surface area contributed by atoms with Gasteiger partial charge in [0.2, 0.25) is 5.91 Å². The van der Waals surface area contributed by atoms with E-state index >= 15 is 0 Å². The van der Waals surface area contributed by atoms with Crippen LogP contribution in [0.2, 0.25) is 0 Å². The molecular formula is C55H108NO11P. The Labute approximate surface area is 416 Å². The molecule has 1 amide bonds. The van der Waals surface area contributed by atoms with Gasteiger partial charge in [0, 0.05) is 6.42 Å². The summed E-state index contributed by atoms with van der Waals surface area (Å²) >= 11 is 0. The smallest absolute Gasteiger partial charge is 0.387 e. The SMILES string of the molecule is CCCCCCCCCCCC/C=C/[C@@H](O)[C@H](COP(=O)(O)OC1C(O)C(O)C(O)[C@@H](O)C1O)NC(=O)CCCCCCCCCCCCCCCCCCCCCCCCCCCCCCC. The van der Waals surface area contributed by atoms with E-state index in [0.29, 0.717) is 6.42 Å². The average Bonchev–Trinajstić information content (AvgIpc) is 3.32. The second kappa shape index (κ2) is 44.8. The van der Waals surface area contributed by atoms with Gasteiger partial charge in [-0.1, -0.05) is 264 Å². The first kappa shape index (κ1) is 65.1. The van der Waals surface area contributed by atoms with Crippen LogP contribution in [0.1, 0.15) is 277 Å². The molecule has 8 N–H and O–H groups in total. The lowest BCUT2D eigenvalue weighted by Gasteiger charge is -2.41. The van der Waals surface area contributed by atoms with Crippen LogP contribution in [-0.4, -0.2) is 96.8 Å². The van der Waals surface area contributed by atoms with E-state index in [4.69, 9.17) is 9.05 Å². The molecule has 1 fully saturated rings. The first-order valence-electron chi connectivity index (χ1n) is 28.6. The van der Waals surface area contributed by atoms with Crippen LogP contribution in [0, 0.1) is 0 Å². The molecule has 13 heteroatoms. The van der Waals surface area contributed by atoms with Crippen LogP contribution in [0.5, 0.6) is 0 Å². The van der Waals surface area contributed by atoms with Gasteiger partial charge >= 0.3 is 7.82 Å². The van der Waals surface area contributed by atoms with Gasteiger partial charge in [-0.15, -0.1) is 0 Å². The van der Waals surface area contributed by atoms with Crippen LogP contribution in [0.3, 0.4) is 0 Å². The number of phosphoric acid groups is 1. The number of aliphatic hydroxyl groups excluding tert-OH is 6. The largest absolute Gasteiger partial charge is 0.472 e. The van der Waals surface area contributed by atoms with E-state index < -0.39 is 63.2 Å². The lowest BCUT2D eigenvalue weighted by molar-refractivity contribution is -0.220. The van der Waals surface area contributed by atoms with E-state index in [1.165, 1.54) is 212 Å². The lowest BCUT2D eigenvalue weighted by atomic mass is 9.85. The van der Waals surface area contributed by atoms with Gasteiger partial charge in [0.1, 0.15) is 36.6 Å². The number of nitrogens with one attached hydrogen (secondary N) is 1. The van der Waals surface area contributed by atoms with Gasteiger partial charge in [-0.05, 0) is 19.3 Å². The number of phosphoric ester groups is 1. The van der Waals surface area contributed by atoms with Gasteiger partial charge in [-0.25, -0.2) is 4.57 Å². The molecule has 0 aliphatic heterocycles. The minimum absolute atomic E-state index is 0.219. The highest BCUT2D eigenvalue weighted by atomic mass is 31.2. The van der Waals surface area contributed by atoms with Crippen molar-refractivity contribution in [3.63, 3.8) is 0 Å². The Hall–Kier alpha value is -0.920. The number of hydrogen-bond donors (Lipinski definition) is 8. The average molecular weight is 990 g/mol. The van der Waals surface area contributed by atoms with Gasteiger partial charge in [0.25, 0.3) is 0 Å². The summed E-state index contributed by atoms with van der Waals surface area (Å²) in [7, 11) is -5.08. The zero-order chi connectivity index (χ0) is 49.9. The van der Waals surface area contributed by atoms with E-state index in [9.17, 15) is 44.9 Å². The summed E-state index contributed by atoms with van der Waals surface area (Å²) in [6.45, 7) is 3.86. The van der Waals surface area contributed by atoms with Crippen molar-refractivity contribution >= 4 is 13.7 Å². The van der Waals surface area contributed by atoms with E-state index in [1.807, 2.05) is 6.08 Å². The second-order valence-corrected chi connectivity index (χ2v) is 21.9. The number of unbranched alkanes of at least 4 members (excludes halogenated alkanes) is 38. The third kappa shape index (κ3) is 35.2. The van der Waals surface area contributed by atoms with Crippen LogP contribution in [0.25, 0.3) is 0 Å². The summed E-state index contributed by atoms with van der Waals surface area (Å²) in [5.41, 5.74) is 0. The molecule has 68 heavy (non-hydrogen) atoms. The zero-order valence-corrected chi connectivity index (χ0v) is 44.6. The normalized spacial score (nSPS) is 21.6. The molecule has 1 aliphatic rings. The van der Waals surface area contributed by atoms with Crippen molar-refractivity contribution in [3.8, 4) is 0 Å². The maximum Gasteiger partial charge on any atom is 0.472 e. The van der Waals surface area contributed by atoms with Crippen LogP contribution in [0.4, 0.5) is 0 Å². The summed E-state index contributed by atoms with van der Waals surface area (Å²) in [4.78, 5) is 23.5. The van der Waals surface area contributed by atoms with Gasteiger partial charge in [-0.3, -0.25) is 13.8 Å². The molecule has 0 saturated heterocycles. The quantitative estimate of drug-likeness (QED) is 0.0163. The number of aliphatic hydroxyl groups is 6. The van der Waals surface area contributed by atoms with Crippen molar-refractivity contribution in [1.29, 1.82) is 0 Å². The van der Waals surface area contributed by atoms with E-state index in [1.54, 1.807) is 0 Å². The number of rotatable bonds is 49. The van der Waals surface area contributed by atoms with E-state index in [-0.39, 0.29) is 12.3 Å². The highest BCUT2D eigenvalue weighted by Crippen LogP contribution is 2.47. The Balaban J connectivity index is 2.24. The van der Waals surface area contributed by atoms with Crippen LogP contribution in [-0.2, 0) is 18.4 Å². The summed E-state index contributed by atoms with van der Waals surface area (Å²) < 4.78 is 23.0. The van der Waals surface area contributed by atoms with Gasteiger partial charge < -0.3 is 40.8 Å². The number of amides is 1. The molecule has 9 atom stereocenters. The second-order valence-electron chi connectivity index (χ2n) is 20.5. The molecule has 0 radical (unpaired) electrons. The molecule has 1 rings (SSSR count). The van der Waals surface area contributed by atoms with Crippen molar-refractivity contribution < 1.29 is 53.9 Å². The monoisotopic (exact) mass is 990 g/mol. The van der Waals surface area contributed by atoms with Gasteiger partial charge in [-0.2, -0.15) is 0 Å². The summed E-state index contributed by atoms with van der Waals surface area (Å²) in [6, 6.07) is -1.11. The molecule has 404 valence electrons. The minimum Gasteiger partial charge on any atom is -0.387 e. The predicted octanol–water partition coefficient (Wildman–Crippen LogP) is 12.7. The minimum atomic E-state index is -5.08. The zero-order valence-electron chi connectivity index (χ0n) is 43.7. The molecular weight excluding hydrogens is 882 g/mol. The van der Waals surface area contributed by atoms with Crippen molar-refractivity contribution in [3.05, 3.63) is 12.2 Å². The summed E-state index contributed by atoms with van der Waals surface area (Å²) in [6.07, 6.45) is 41.7. The Bertz CT molecular complexity index is 1200. The van der Waals surface area contributed by atoms with Gasteiger partial charge in [0.15, 0.2) is 0 Å². The van der Waals surface area contributed by atoms with Crippen molar-refractivity contribution in [2.45, 2.75) is 326 Å². The molecule has 0 heterocycles. The Morgan fingerprint density at radius 2 is 0.779 bits per heavy atom. The molecule has 1 saturated carbocycles. The highest BCUT2D eigenvalue weighted by molar-refractivity contribution is 7.47. The Morgan fingerprint density at radius 3 is 1.12 bits per heavy atom. The number of carbonyl (C=O) groups is 1. The molecule has 0 aromatic heterocycles. The first-order chi connectivity index (χ1) is 32.9. The predicted molar refractivity (Wildman–Crippen MR) is 278 cm³/mol. The van der Waals surface area contributed by atoms with Crippen molar-refractivity contribution in [2.75, 3.05) is 6.61 Å². The lowest BCUT2D eigenvalue weighted by Crippen LogP contribution is -2.64. The Kier molecular flexibility index (Phi) is 42.8. The number of carbonyl (C=O) groups excluding carboxylic acids is 1.